The molecule has 1 unspecified atom stereocenters. The maximum atomic E-state index is 6.37. The second kappa shape index (κ2) is 11.0. The van der Waals surface area contributed by atoms with Crippen molar-refractivity contribution in [2.24, 2.45) is 11.8 Å². The molecule has 0 amide bonds. The minimum atomic E-state index is -0.381. The first-order chi connectivity index (χ1) is 14.1. The molecule has 2 rings (SSSR count). The Kier molecular flexibility index (Phi) is 8.93. The Labute approximate surface area is 184 Å². The Morgan fingerprint density at radius 3 is 2.03 bits per heavy atom. The van der Waals surface area contributed by atoms with E-state index in [2.05, 4.69) is 90.9 Å². The van der Waals surface area contributed by atoms with Crippen LogP contribution in [0, 0.1) is 11.8 Å². The van der Waals surface area contributed by atoms with E-state index < -0.39 is 0 Å². The molecule has 0 fully saturated rings. The summed E-state index contributed by atoms with van der Waals surface area (Å²) in [6.45, 7) is 18.3. The van der Waals surface area contributed by atoms with Gasteiger partial charge in [-0.15, -0.1) is 0 Å². The van der Waals surface area contributed by atoms with Crippen molar-refractivity contribution >= 4 is 0 Å². The summed E-state index contributed by atoms with van der Waals surface area (Å²) in [5, 5.41) is 2.02. The zero-order valence-corrected chi connectivity index (χ0v) is 20.2. The third-order valence-corrected chi connectivity index (χ3v) is 5.43. The van der Waals surface area contributed by atoms with E-state index in [-0.39, 0.29) is 11.8 Å². The number of nitrogens with zero attached hydrogens (tertiary/aromatic N) is 1. The highest BCUT2D eigenvalue weighted by molar-refractivity contribution is 5.41. The van der Waals surface area contributed by atoms with Gasteiger partial charge in [-0.25, -0.2) is 0 Å². The molecule has 0 aromatic heterocycles. The molecule has 1 atom stereocenters. The average Bonchev–Trinajstić information content (AvgIpc) is 2.68. The van der Waals surface area contributed by atoms with Crippen LogP contribution in [0.3, 0.4) is 0 Å². The number of hydrogen-bond donors (Lipinski definition) is 0. The van der Waals surface area contributed by atoms with Gasteiger partial charge < -0.3 is 4.74 Å². The summed E-state index contributed by atoms with van der Waals surface area (Å²) in [6, 6.07) is 16.9. The molecule has 0 saturated heterocycles. The van der Waals surface area contributed by atoms with E-state index in [0.717, 1.165) is 25.1 Å². The van der Waals surface area contributed by atoms with Gasteiger partial charge in [0.1, 0.15) is 5.75 Å². The van der Waals surface area contributed by atoms with Gasteiger partial charge in [0.05, 0.1) is 5.54 Å². The van der Waals surface area contributed by atoms with Gasteiger partial charge >= 0.3 is 0 Å². The molecule has 0 aliphatic rings. The maximum Gasteiger partial charge on any atom is 0.215 e. The number of benzene rings is 2. The van der Waals surface area contributed by atoms with Crippen molar-refractivity contribution in [3.05, 3.63) is 65.2 Å². The molecule has 0 saturated carbocycles. The molecule has 166 valence electrons. The third kappa shape index (κ3) is 6.58. The molecular formula is C27H41NO2. The van der Waals surface area contributed by atoms with Crippen LogP contribution in [0.5, 0.6) is 5.75 Å². The average molecular weight is 412 g/mol. The molecule has 0 aliphatic heterocycles. The summed E-state index contributed by atoms with van der Waals surface area (Å²) in [5.74, 6) is 2.13. The molecule has 0 aliphatic carbocycles. The van der Waals surface area contributed by atoms with E-state index in [0.29, 0.717) is 11.8 Å². The van der Waals surface area contributed by atoms with Crippen molar-refractivity contribution in [1.82, 2.24) is 5.06 Å². The molecule has 3 heteroatoms. The minimum Gasteiger partial charge on any atom is -0.463 e. The van der Waals surface area contributed by atoms with Crippen LogP contribution in [-0.2, 0) is 23.2 Å². The van der Waals surface area contributed by atoms with Crippen LogP contribution in [0.1, 0.15) is 72.1 Å². The van der Waals surface area contributed by atoms with Crippen molar-refractivity contribution in [2.45, 2.75) is 80.1 Å². The van der Waals surface area contributed by atoms with Crippen molar-refractivity contribution < 1.29 is 9.57 Å². The number of rotatable bonds is 11. The van der Waals surface area contributed by atoms with Crippen LogP contribution in [0.15, 0.2) is 48.5 Å². The SMILES string of the molecule is CCN(OC(C)Oc1cccc(CC(C)C)c1CC(C)C)C(C)(C)c1ccccc1. The van der Waals surface area contributed by atoms with Gasteiger partial charge in [0.2, 0.25) is 6.29 Å². The molecule has 3 nitrogen and oxygen atoms in total. The minimum absolute atomic E-state index is 0.256. The lowest BCUT2D eigenvalue weighted by Gasteiger charge is -2.38. The highest BCUT2D eigenvalue weighted by Gasteiger charge is 2.30. The van der Waals surface area contributed by atoms with Crippen molar-refractivity contribution in [3.63, 3.8) is 0 Å². The fourth-order valence-electron chi connectivity index (χ4n) is 3.96. The molecule has 0 N–H and O–H groups in total. The lowest BCUT2D eigenvalue weighted by atomic mass is 9.92. The lowest BCUT2D eigenvalue weighted by Crippen LogP contribution is -2.44. The maximum absolute atomic E-state index is 6.37. The van der Waals surface area contributed by atoms with Crippen LogP contribution in [0.4, 0.5) is 0 Å². The van der Waals surface area contributed by atoms with E-state index in [1.807, 2.05) is 18.1 Å². The van der Waals surface area contributed by atoms with Gasteiger partial charge in [0.25, 0.3) is 0 Å². The van der Waals surface area contributed by atoms with Crippen molar-refractivity contribution in [2.75, 3.05) is 6.54 Å². The standard InChI is InChI=1S/C27H41NO2/c1-9-28(27(7,8)24-15-11-10-12-16-24)30-22(6)29-26-17-13-14-23(18-20(2)3)25(26)19-21(4)5/h10-17,20-22H,9,18-19H2,1-8H3. The topological polar surface area (TPSA) is 21.7 Å². The van der Waals surface area contributed by atoms with Crippen LogP contribution < -0.4 is 4.74 Å². The van der Waals surface area contributed by atoms with Crippen LogP contribution in [0.2, 0.25) is 0 Å². The predicted octanol–water partition coefficient (Wildman–Crippen LogP) is 7.00. The monoisotopic (exact) mass is 411 g/mol. The third-order valence-electron chi connectivity index (χ3n) is 5.43. The Morgan fingerprint density at radius 2 is 1.47 bits per heavy atom. The van der Waals surface area contributed by atoms with E-state index >= 15 is 0 Å². The Bertz CT molecular complexity index is 768. The first-order valence-electron chi connectivity index (χ1n) is 11.4. The quantitative estimate of drug-likeness (QED) is 0.293. The molecule has 0 heterocycles. The Hall–Kier alpha value is -1.84. The summed E-state index contributed by atoms with van der Waals surface area (Å²) < 4.78 is 6.37. The van der Waals surface area contributed by atoms with Gasteiger partial charge in [-0.1, -0.05) is 77.1 Å². The molecular weight excluding hydrogens is 370 g/mol. The molecule has 30 heavy (non-hydrogen) atoms. The van der Waals surface area contributed by atoms with Crippen molar-refractivity contribution in [1.29, 1.82) is 0 Å². The number of hydroxylamine groups is 2. The summed E-state index contributed by atoms with van der Waals surface area (Å²) in [4.78, 5) is 6.31. The van der Waals surface area contributed by atoms with Gasteiger partial charge in [-0.2, -0.15) is 5.06 Å². The summed E-state index contributed by atoms with van der Waals surface area (Å²) in [6.07, 6.45) is 1.70. The summed E-state index contributed by atoms with van der Waals surface area (Å²) >= 11 is 0. The lowest BCUT2D eigenvalue weighted by molar-refractivity contribution is -0.286. The predicted molar refractivity (Wildman–Crippen MR) is 127 cm³/mol. The summed E-state index contributed by atoms with van der Waals surface area (Å²) in [7, 11) is 0. The van der Waals surface area contributed by atoms with E-state index in [4.69, 9.17) is 9.57 Å². The Morgan fingerprint density at radius 1 is 0.833 bits per heavy atom. The zero-order valence-electron chi connectivity index (χ0n) is 20.2. The van der Waals surface area contributed by atoms with Crippen LogP contribution >= 0.6 is 0 Å². The fraction of sp³-hybridized carbons (Fsp3) is 0.556. The second-order valence-electron chi connectivity index (χ2n) is 9.50. The van der Waals surface area contributed by atoms with E-state index in [1.54, 1.807) is 0 Å². The second-order valence-corrected chi connectivity index (χ2v) is 9.50. The van der Waals surface area contributed by atoms with Gasteiger partial charge in [-0.3, -0.25) is 4.84 Å². The number of hydrogen-bond acceptors (Lipinski definition) is 3. The molecule has 2 aromatic rings. The molecule has 0 spiro atoms. The smallest absolute Gasteiger partial charge is 0.215 e. The molecule has 0 radical (unpaired) electrons. The van der Waals surface area contributed by atoms with E-state index in [9.17, 15) is 0 Å². The summed E-state index contributed by atoms with van der Waals surface area (Å²) in [5.41, 5.74) is 3.68. The van der Waals surface area contributed by atoms with Gasteiger partial charge in [0, 0.05) is 6.54 Å². The highest BCUT2D eigenvalue weighted by Crippen LogP contribution is 2.31. The fourth-order valence-corrected chi connectivity index (χ4v) is 3.96. The van der Waals surface area contributed by atoms with Crippen LogP contribution in [0.25, 0.3) is 0 Å². The first kappa shape index (κ1) is 24.4. The first-order valence-corrected chi connectivity index (χ1v) is 11.4. The molecule has 0 bridgehead atoms. The molecule has 2 aromatic carbocycles. The normalized spacial score (nSPS) is 13.3. The van der Waals surface area contributed by atoms with Gasteiger partial charge in [0.15, 0.2) is 0 Å². The largest absolute Gasteiger partial charge is 0.463 e. The van der Waals surface area contributed by atoms with Gasteiger partial charge in [-0.05, 0) is 68.2 Å². The Balaban J connectivity index is 2.21. The number of ether oxygens (including phenoxy) is 1. The van der Waals surface area contributed by atoms with Crippen LogP contribution in [-0.4, -0.2) is 17.9 Å². The van der Waals surface area contributed by atoms with E-state index in [1.165, 1.54) is 16.7 Å². The van der Waals surface area contributed by atoms with Crippen molar-refractivity contribution in [3.8, 4) is 5.75 Å². The highest BCUT2D eigenvalue weighted by atomic mass is 16.8. The zero-order chi connectivity index (χ0) is 22.3.